The Balaban J connectivity index is 0. The molecule has 1 saturated carbocycles. The van der Waals surface area contributed by atoms with Crippen molar-refractivity contribution in [3.8, 4) is 0 Å². The fourth-order valence-corrected chi connectivity index (χ4v) is 2.34. The summed E-state index contributed by atoms with van der Waals surface area (Å²) in [5.74, 6) is 2.39. The van der Waals surface area contributed by atoms with Crippen LogP contribution < -0.4 is 24.8 Å². The Hall–Kier alpha value is 0.423. The molecule has 0 saturated heterocycles. The Morgan fingerprint density at radius 1 is 1.11 bits per heavy atom. The molecular weight excluding hydrogens is 342 g/mol. The second kappa shape index (κ2) is 11.3. The molecule has 0 bridgehead atoms. The van der Waals surface area contributed by atoms with Crippen molar-refractivity contribution in [2.45, 2.75) is 19.8 Å². The van der Waals surface area contributed by atoms with E-state index in [4.69, 9.17) is 0 Å². The molecule has 3 atom stereocenters. The number of rotatable bonds is 0. The summed E-state index contributed by atoms with van der Waals surface area (Å²) >= 11 is 0. The Kier molecular flexibility index (Phi) is 13.0. The van der Waals surface area contributed by atoms with Crippen LogP contribution in [0.1, 0.15) is 19.8 Å². The van der Waals surface area contributed by atoms with Gasteiger partial charge < -0.3 is 31.2 Å². The van der Waals surface area contributed by atoms with Gasteiger partial charge in [-0.1, -0.05) is 31.6 Å². The van der Waals surface area contributed by atoms with Gasteiger partial charge in [0.2, 0.25) is 0 Å². The van der Waals surface area contributed by atoms with Crippen LogP contribution in [0.25, 0.3) is 0 Å². The van der Waals surface area contributed by atoms with E-state index in [2.05, 4.69) is 49.8 Å². The summed E-state index contributed by atoms with van der Waals surface area (Å²) in [6.07, 6.45) is 22.8. The van der Waals surface area contributed by atoms with Crippen LogP contribution in [0.3, 0.4) is 0 Å². The topological polar surface area (TPSA) is 0 Å². The molecule has 3 aliphatic rings. The van der Waals surface area contributed by atoms with Crippen molar-refractivity contribution in [3.05, 3.63) is 55.0 Å². The summed E-state index contributed by atoms with van der Waals surface area (Å²) in [6.45, 7) is 2.31. The molecule has 1 fully saturated rings. The summed E-state index contributed by atoms with van der Waals surface area (Å²) in [4.78, 5) is 0. The average molecular weight is 360 g/mol. The molecule has 18 heavy (non-hydrogen) atoms. The average Bonchev–Trinajstić information content (AvgIpc) is 2.87. The van der Waals surface area contributed by atoms with Crippen LogP contribution in [0.2, 0.25) is 0 Å². The number of halogens is 2. The molecule has 0 heterocycles. The predicted octanol–water partition coefficient (Wildman–Crippen LogP) is -2.10. The van der Waals surface area contributed by atoms with E-state index in [0.717, 1.165) is 24.2 Å². The van der Waals surface area contributed by atoms with Gasteiger partial charge in [-0.2, -0.15) is 12.0 Å². The van der Waals surface area contributed by atoms with Crippen LogP contribution in [0.5, 0.6) is 0 Å². The SMILES string of the molecule is CC1[CH-]C2C=CC=CC2C1.[C-]1=CC=CC1.[Cl-].[Cl-].[Zr+4]. The van der Waals surface area contributed by atoms with Crippen LogP contribution in [0.4, 0.5) is 0 Å². The van der Waals surface area contributed by atoms with E-state index < -0.39 is 0 Å². The van der Waals surface area contributed by atoms with Gasteiger partial charge in [0.15, 0.2) is 0 Å². The van der Waals surface area contributed by atoms with Crippen LogP contribution in [-0.2, 0) is 26.2 Å². The van der Waals surface area contributed by atoms with E-state index in [0.29, 0.717) is 0 Å². The summed E-state index contributed by atoms with van der Waals surface area (Å²) in [6, 6.07) is 0. The summed E-state index contributed by atoms with van der Waals surface area (Å²) in [5.41, 5.74) is 0. The van der Waals surface area contributed by atoms with Crippen molar-refractivity contribution in [1.29, 1.82) is 0 Å². The first-order valence-corrected chi connectivity index (χ1v) is 5.78. The van der Waals surface area contributed by atoms with E-state index in [1.54, 1.807) is 0 Å². The monoisotopic (exact) mass is 358 g/mol. The second-order valence-corrected chi connectivity index (χ2v) is 4.42. The van der Waals surface area contributed by atoms with E-state index >= 15 is 0 Å². The van der Waals surface area contributed by atoms with E-state index in [-0.39, 0.29) is 51.0 Å². The zero-order valence-electron chi connectivity index (χ0n) is 10.5. The third-order valence-corrected chi connectivity index (χ3v) is 3.08. The molecule has 0 aliphatic heterocycles. The van der Waals surface area contributed by atoms with E-state index in [1.807, 2.05) is 12.2 Å². The maximum absolute atomic E-state index is 2.99. The van der Waals surface area contributed by atoms with Gasteiger partial charge in [-0.25, -0.2) is 12.2 Å². The summed E-state index contributed by atoms with van der Waals surface area (Å²) in [5, 5.41) is 0. The van der Waals surface area contributed by atoms with Crippen molar-refractivity contribution < 1.29 is 51.0 Å². The van der Waals surface area contributed by atoms with E-state index in [9.17, 15) is 0 Å². The molecule has 0 amide bonds. The van der Waals surface area contributed by atoms with Gasteiger partial charge in [0.1, 0.15) is 0 Å². The minimum Gasteiger partial charge on any atom is -1.00 e. The van der Waals surface area contributed by atoms with Gasteiger partial charge in [-0.3, -0.25) is 6.08 Å². The van der Waals surface area contributed by atoms with Crippen LogP contribution in [0, 0.1) is 30.3 Å². The Bertz CT molecular complexity index is 288. The zero-order chi connectivity index (χ0) is 10.5. The molecule has 0 spiro atoms. The largest absolute Gasteiger partial charge is 4.00 e. The van der Waals surface area contributed by atoms with Crippen molar-refractivity contribution >= 4 is 0 Å². The normalized spacial score (nSPS) is 29.3. The molecule has 96 valence electrons. The van der Waals surface area contributed by atoms with Gasteiger partial charge in [0, 0.05) is 0 Å². The second-order valence-electron chi connectivity index (χ2n) is 4.42. The predicted molar refractivity (Wildman–Crippen MR) is 64.9 cm³/mol. The Labute approximate surface area is 143 Å². The smallest absolute Gasteiger partial charge is 1.00 e. The molecule has 0 aromatic heterocycles. The maximum atomic E-state index is 2.99. The van der Waals surface area contributed by atoms with Gasteiger partial charge in [0.25, 0.3) is 0 Å². The van der Waals surface area contributed by atoms with Crippen molar-refractivity contribution in [3.63, 3.8) is 0 Å². The van der Waals surface area contributed by atoms with Crippen LogP contribution in [0.15, 0.2) is 42.5 Å². The maximum Gasteiger partial charge on any atom is 4.00 e. The third-order valence-electron chi connectivity index (χ3n) is 3.08. The molecule has 3 heteroatoms. The van der Waals surface area contributed by atoms with Crippen molar-refractivity contribution in [1.82, 2.24) is 0 Å². The molecule has 0 N–H and O–H groups in total. The minimum absolute atomic E-state index is 0. The van der Waals surface area contributed by atoms with Gasteiger partial charge in [0.05, 0.1) is 0 Å². The molecule has 0 aromatic rings. The third kappa shape index (κ3) is 6.55. The van der Waals surface area contributed by atoms with Gasteiger partial charge in [-0.05, 0) is 5.92 Å². The zero-order valence-corrected chi connectivity index (χ0v) is 14.5. The van der Waals surface area contributed by atoms with E-state index in [1.165, 1.54) is 6.42 Å². The molecule has 3 aliphatic carbocycles. The number of fused-ring (bicyclic) bond motifs is 1. The number of hydrogen-bond donors (Lipinski definition) is 0. The standard InChI is InChI=1S/C10H13.C5H5.2ClH.Zr/c1-8-6-9-4-2-3-5-10(9)7-8;1-2-4-5-3-1;;;/h2-6,8-10H,7H2,1H3;1-3H,4H2;2*1H;/q2*-1;;;+4/p-2. The fourth-order valence-electron chi connectivity index (χ4n) is 2.34. The first-order valence-electron chi connectivity index (χ1n) is 5.78. The van der Waals surface area contributed by atoms with Gasteiger partial charge >= 0.3 is 26.2 Å². The molecule has 0 aromatic carbocycles. The van der Waals surface area contributed by atoms with Crippen LogP contribution in [-0.4, -0.2) is 0 Å². The summed E-state index contributed by atoms with van der Waals surface area (Å²) < 4.78 is 0. The molecule has 0 radical (unpaired) electrons. The first-order chi connectivity index (χ1) is 7.36. The molecular formula is C15H18Cl2Zr. The van der Waals surface area contributed by atoms with Crippen molar-refractivity contribution in [2.24, 2.45) is 17.8 Å². The fraction of sp³-hybridized carbons (Fsp3) is 0.400. The molecule has 3 rings (SSSR count). The van der Waals surface area contributed by atoms with Crippen LogP contribution >= 0.6 is 0 Å². The minimum atomic E-state index is 0. The van der Waals surface area contributed by atoms with Gasteiger partial charge in [-0.15, -0.1) is 18.4 Å². The molecule has 0 nitrogen and oxygen atoms in total. The Morgan fingerprint density at radius 2 is 1.83 bits per heavy atom. The number of allylic oxidation sites excluding steroid dienone is 8. The Morgan fingerprint density at radius 3 is 2.33 bits per heavy atom. The number of hydrogen-bond acceptors (Lipinski definition) is 0. The quantitative estimate of drug-likeness (QED) is 0.434. The summed E-state index contributed by atoms with van der Waals surface area (Å²) in [7, 11) is 0. The first kappa shape index (κ1) is 20.7. The molecule has 3 unspecified atom stereocenters. The van der Waals surface area contributed by atoms with Crippen molar-refractivity contribution in [2.75, 3.05) is 0 Å².